The van der Waals surface area contributed by atoms with Crippen LogP contribution in [0.4, 0.5) is 0 Å². The van der Waals surface area contributed by atoms with E-state index in [2.05, 4.69) is 42.5 Å². The van der Waals surface area contributed by atoms with Gasteiger partial charge in [-0.1, -0.05) is 97.1 Å². The first kappa shape index (κ1) is 51.7. The van der Waals surface area contributed by atoms with Crippen molar-refractivity contribution in [3.05, 3.63) is 119 Å². The molecule has 1 heterocycles. The second-order valence-corrected chi connectivity index (χ2v) is 19.5. The molecule has 17 nitrogen and oxygen atoms in total. The number of amides is 7. The Morgan fingerprint density at radius 3 is 1.50 bits per heavy atom. The quantitative estimate of drug-likeness (QED) is 0.0994. The van der Waals surface area contributed by atoms with Crippen molar-refractivity contribution in [3.63, 3.8) is 0 Å². The molecule has 0 saturated carbocycles. The predicted octanol–water partition coefficient (Wildman–Crippen LogP) is 2.43. The van der Waals surface area contributed by atoms with E-state index in [-0.39, 0.29) is 18.6 Å². The van der Waals surface area contributed by atoms with Crippen molar-refractivity contribution in [1.29, 1.82) is 0 Å². The highest BCUT2D eigenvalue weighted by Gasteiger charge is 2.45. The summed E-state index contributed by atoms with van der Waals surface area (Å²) in [5, 5.41) is 23.4. The van der Waals surface area contributed by atoms with Crippen molar-refractivity contribution in [1.82, 2.24) is 42.5 Å². The molecule has 0 aromatic heterocycles. The van der Waals surface area contributed by atoms with Crippen LogP contribution in [-0.4, -0.2) is 99.4 Å². The third-order valence-corrected chi connectivity index (χ3v) is 11.7. The van der Waals surface area contributed by atoms with E-state index < -0.39 is 87.3 Å². The van der Waals surface area contributed by atoms with Gasteiger partial charge in [0.15, 0.2) is 17.7 Å². The fraction of sp³-hybridized carbons (Fsp3) is 0.392. The van der Waals surface area contributed by atoms with Crippen LogP contribution in [0, 0.1) is 0 Å². The van der Waals surface area contributed by atoms with Crippen LogP contribution in [0.25, 0.3) is 10.8 Å². The van der Waals surface area contributed by atoms with Gasteiger partial charge in [-0.25, -0.2) is 0 Å². The zero-order chi connectivity index (χ0) is 50.4. The average Bonchev–Trinajstić information content (AvgIpc) is 3.27. The molecule has 4 aromatic carbocycles. The average molecular weight is 931 g/mol. The van der Waals surface area contributed by atoms with E-state index in [1.165, 1.54) is 69.2 Å². The van der Waals surface area contributed by atoms with Gasteiger partial charge in [0, 0.05) is 24.0 Å². The molecule has 4 atom stereocenters. The van der Waals surface area contributed by atoms with Crippen molar-refractivity contribution in [2.45, 2.75) is 128 Å². The van der Waals surface area contributed by atoms with Crippen LogP contribution in [-0.2, 0) is 51.2 Å². The minimum Gasteiger partial charge on any atom is -0.343 e. The van der Waals surface area contributed by atoms with Gasteiger partial charge in [-0.3, -0.25) is 48.5 Å². The number of aldehydes is 1. The number of ketones is 1. The molecular weight excluding hydrogens is 869 g/mol. The zero-order valence-electron chi connectivity index (χ0n) is 40.1. The van der Waals surface area contributed by atoms with Crippen molar-refractivity contribution < 1.29 is 43.2 Å². The Kier molecular flexibility index (Phi) is 15.4. The number of nitrogens with one attached hydrogen (secondary N) is 8. The Hall–Kier alpha value is -7.27. The molecule has 4 aromatic rings. The normalized spacial score (nSPS) is 23.9. The second-order valence-electron chi connectivity index (χ2n) is 19.5. The lowest BCUT2D eigenvalue weighted by atomic mass is 9.92. The third kappa shape index (κ3) is 12.6. The summed E-state index contributed by atoms with van der Waals surface area (Å²) in [6.07, 6.45) is 0.0871. The first-order chi connectivity index (χ1) is 31.7. The number of carbonyl (C=O) groups excluding carboxylic acids is 9. The SMILES string of the molecule is CC1NC(=O)C(C)(C)NC(=O)C(C)NC(=O)C(C)(C)NC(=O)C(Cc2ccc3ccccc3c2)NC(=O)C(C)(C)NC(C=O)(Cc2ccc(C(=O)c3ccccc3)cc2)NC(=O)C(C)(C)NC1=O. The minimum absolute atomic E-state index is 0.0535. The molecule has 4 unspecified atom stereocenters. The lowest BCUT2D eigenvalue weighted by molar-refractivity contribution is -0.139. The molecule has 0 aliphatic carbocycles. The van der Waals surface area contributed by atoms with Gasteiger partial charge in [-0.2, -0.15) is 0 Å². The predicted molar refractivity (Wildman–Crippen MR) is 256 cm³/mol. The molecule has 1 fully saturated rings. The summed E-state index contributed by atoms with van der Waals surface area (Å²) in [7, 11) is 0. The number of rotatable bonds is 7. The topological polar surface area (TPSA) is 250 Å². The maximum atomic E-state index is 14.6. The molecule has 17 heteroatoms. The largest absolute Gasteiger partial charge is 0.343 e. The van der Waals surface area contributed by atoms with Crippen LogP contribution < -0.4 is 42.5 Å². The van der Waals surface area contributed by atoms with E-state index in [9.17, 15) is 43.2 Å². The van der Waals surface area contributed by atoms with Crippen LogP contribution in [0.5, 0.6) is 0 Å². The number of fused-ring (bicyclic) bond motifs is 1. The van der Waals surface area contributed by atoms with Crippen molar-refractivity contribution in [3.8, 4) is 0 Å². The van der Waals surface area contributed by atoms with Crippen LogP contribution in [0.2, 0.25) is 0 Å². The maximum Gasteiger partial charge on any atom is 0.246 e. The molecule has 5 rings (SSSR count). The van der Waals surface area contributed by atoms with Crippen molar-refractivity contribution >= 4 is 64.2 Å². The first-order valence-corrected chi connectivity index (χ1v) is 22.3. The fourth-order valence-corrected chi connectivity index (χ4v) is 7.48. The smallest absolute Gasteiger partial charge is 0.246 e. The van der Waals surface area contributed by atoms with Gasteiger partial charge in [-0.15, -0.1) is 0 Å². The summed E-state index contributed by atoms with van der Waals surface area (Å²) in [4.78, 5) is 124. The Bertz CT molecular complexity index is 2610. The lowest BCUT2D eigenvalue weighted by Gasteiger charge is -2.40. The molecule has 0 spiro atoms. The van der Waals surface area contributed by atoms with Crippen molar-refractivity contribution in [2.24, 2.45) is 0 Å². The summed E-state index contributed by atoms with van der Waals surface area (Å²) >= 11 is 0. The molecular formula is C51H62N8O9. The molecule has 1 aliphatic heterocycles. The lowest BCUT2D eigenvalue weighted by Crippen LogP contribution is -2.73. The van der Waals surface area contributed by atoms with E-state index in [4.69, 9.17) is 0 Å². The molecule has 68 heavy (non-hydrogen) atoms. The van der Waals surface area contributed by atoms with Gasteiger partial charge >= 0.3 is 0 Å². The molecule has 8 N–H and O–H groups in total. The highest BCUT2D eigenvalue weighted by Crippen LogP contribution is 2.21. The molecule has 0 radical (unpaired) electrons. The fourth-order valence-electron chi connectivity index (χ4n) is 7.48. The van der Waals surface area contributed by atoms with Crippen LogP contribution in [0.1, 0.15) is 96.3 Å². The standard InChI is InChI=1S/C51H62N8O9/c1-30-40(62)55-47(3,4)43(65)52-31(2)41(63)56-49(7,8)46(68)58-51(29-60,28-32-20-24-36(25-21-32)39(61)35-17-12-11-13-18-35)59-50(9,10)45(67)54-38(42(64)57-48(5,6)44(66)53-30)27-33-22-23-34-16-14-15-19-37(34)26-33/h11-26,29-31,38,59H,27-28H2,1-10H3,(H,52,65)(H,53,66)(H,54,67)(H,55,62)(H,56,63)(H,57,64)(H,58,68). The van der Waals surface area contributed by atoms with E-state index in [0.29, 0.717) is 28.5 Å². The van der Waals surface area contributed by atoms with Gasteiger partial charge < -0.3 is 37.2 Å². The van der Waals surface area contributed by atoms with Crippen molar-refractivity contribution in [2.75, 3.05) is 0 Å². The summed E-state index contributed by atoms with van der Waals surface area (Å²) in [5.74, 6) is -5.73. The van der Waals surface area contributed by atoms with E-state index >= 15 is 0 Å². The zero-order valence-corrected chi connectivity index (χ0v) is 40.1. The molecule has 1 aliphatic rings. The Balaban J connectivity index is 1.57. The molecule has 1 saturated heterocycles. The monoisotopic (exact) mass is 930 g/mol. The second kappa shape index (κ2) is 20.3. The van der Waals surface area contributed by atoms with E-state index in [1.807, 2.05) is 42.5 Å². The summed E-state index contributed by atoms with van der Waals surface area (Å²) < 4.78 is 0. The molecule has 7 amide bonds. The molecule has 0 bridgehead atoms. The first-order valence-electron chi connectivity index (χ1n) is 22.3. The molecule has 360 valence electrons. The number of benzene rings is 4. The Morgan fingerprint density at radius 2 is 0.956 bits per heavy atom. The highest BCUT2D eigenvalue weighted by atomic mass is 16.2. The summed E-state index contributed by atoms with van der Waals surface area (Å²) in [6.45, 7) is 14.1. The van der Waals surface area contributed by atoms with Gasteiger partial charge in [0.2, 0.25) is 41.4 Å². The van der Waals surface area contributed by atoms with E-state index in [1.54, 1.807) is 54.6 Å². The highest BCUT2D eigenvalue weighted by molar-refractivity contribution is 6.09. The third-order valence-electron chi connectivity index (χ3n) is 11.7. The Labute approximate surface area is 396 Å². The van der Waals surface area contributed by atoms with Crippen LogP contribution in [0.15, 0.2) is 97.1 Å². The van der Waals surface area contributed by atoms with Gasteiger partial charge in [-0.05, 0) is 91.1 Å². The summed E-state index contributed by atoms with van der Waals surface area (Å²) in [6, 6.07) is 24.4. The van der Waals surface area contributed by atoms with Gasteiger partial charge in [0.1, 0.15) is 34.7 Å². The van der Waals surface area contributed by atoms with Gasteiger partial charge in [0.25, 0.3) is 0 Å². The maximum absolute atomic E-state index is 14.6. The number of carbonyl (C=O) groups is 9. The van der Waals surface area contributed by atoms with Crippen LogP contribution in [0.3, 0.4) is 0 Å². The van der Waals surface area contributed by atoms with Crippen LogP contribution >= 0.6 is 0 Å². The summed E-state index contributed by atoms with van der Waals surface area (Å²) in [5.41, 5.74) is -6.94. The Morgan fingerprint density at radius 1 is 0.500 bits per heavy atom. The number of hydrogen-bond donors (Lipinski definition) is 8. The van der Waals surface area contributed by atoms with E-state index in [0.717, 1.165) is 10.8 Å². The van der Waals surface area contributed by atoms with Gasteiger partial charge in [0.05, 0.1) is 5.54 Å². The minimum atomic E-state index is -2.09. The number of hydrogen-bond acceptors (Lipinski definition) is 10.